The Morgan fingerprint density at radius 1 is 1.38 bits per heavy atom. The Hall–Kier alpha value is -2.69. The fourth-order valence-electron chi connectivity index (χ4n) is 2.39. The smallest absolute Gasteiger partial charge is 0.254 e. The van der Waals surface area contributed by atoms with E-state index >= 15 is 0 Å². The van der Waals surface area contributed by atoms with Gasteiger partial charge < -0.3 is 19.5 Å². The molecule has 0 aliphatic heterocycles. The third kappa shape index (κ3) is 2.50. The lowest BCUT2D eigenvalue weighted by Gasteiger charge is -2.04. The Bertz CT molecular complexity index is 772. The summed E-state index contributed by atoms with van der Waals surface area (Å²) in [5, 5.41) is 3.72. The molecule has 0 bridgehead atoms. The quantitative estimate of drug-likeness (QED) is 0.774. The van der Waals surface area contributed by atoms with E-state index in [0.29, 0.717) is 12.1 Å². The maximum Gasteiger partial charge on any atom is 0.254 e. The van der Waals surface area contributed by atoms with E-state index in [1.165, 1.54) is 0 Å². The second kappa shape index (κ2) is 5.36. The number of hydrogen-bond acceptors (Lipinski definition) is 3. The van der Waals surface area contributed by atoms with Gasteiger partial charge in [-0.05, 0) is 37.3 Å². The molecule has 5 nitrogen and oxygen atoms in total. The van der Waals surface area contributed by atoms with Crippen molar-refractivity contribution in [3.05, 3.63) is 53.6 Å². The lowest BCUT2D eigenvalue weighted by Crippen LogP contribution is -2.23. The number of furan rings is 1. The number of rotatable bonds is 4. The van der Waals surface area contributed by atoms with Crippen LogP contribution in [0.25, 0.3) is 10.9 Å². The zero-order chi connectivity index (χ0) is 14.8. The number of benzene rings is 1. The van der Waals surface area contributed by atoms with Gasteiger partial charge in [0.2, 0.25) is 0 Å². The molecular weight excluding hydrogens is 268 g/mol. The second-order valence-corrected chi connectivity index (χ2v) is 4.80. The fourth-order valence-corrected chi connectivity index (χ4v) is 2.39. The number of H-pyrrole nitrogens is 1. The molecule has 2 aromatic heterocycles. The largest absolute Gasteiger partial charge is 0.497 e. The van der Waals surface area contributed by atoms with Crippen molar-refractivity contribution in [3.63, 3.8) is 0 Å². The summed E-state index contributed by atoms with van der Waals surface area (Å²) in [7, 11) is 1.61. The minimum absolute atomic E-state index is 0.136. The molecular formula is C16H16N2O3. The van der Waals surface area contributed by atoms with Crippen LogP contribution in [-0.4, -0.2) is 18.0 Å². The topological polar surface area (TPSA) is 67.3 Å². The van der Waals surface area contributed by atoms with Gasteiger partial charge in [-0.2, -0.15) is 0 Å². The molecule has 0 atom stereocenters. The van der Waals surface area contributed by atoms with Gasteiger partial charge in [0, 0.05) is 16.6 Å². The van der Waals surface area contributed by atoms with Gasteiger partial charge in [-0.25, -0.2) is 0 Å². The Kier molecular flexibility index (Phi) is 3.39. The van der Waals surface area contributed by atoms with Gasteiger partial charge in [-0.3, -0.25) is 4.79 Å². The van der Waals surface area contributed by atoms with Crippen molar-refractivity contribution in [3.8, 4) is 5.75 Å². The number of aromatic amines is 1. The number of amides is 1. The Balaban J connectivity index is 1.91. The van der Waals surface area contributed by atoms with E-state index in [1.54, 1.807) is 19.4 Å². The molecule has 0 radical (unpaired) electrons. The molecule has 0 fully saturated rings. The predicted octanol–water partition coefficient (Wildman–Crippen LogP) is 3.01. The standard InChI is InChI=1S/C16H16N2O3/c1-10-15(16(19)17-9-12-4-3-7-21-12)13-8-11(20-2)5-6-14(13)18-10/h3-8,18H,9H2,1-2H3,(H,17,19). The Morgan fingerprint density at radius 2 is 2.24 bits per heavy atom. The molecule has 0 aliphatic carbocycles. The highest BCUT2D eigenvalue weighted by Crippen LogP contribution is 2.26. The second-order valence-electron chi connectivity index (χ2n) is 4.80. The normalized spacial score (nSPS) is 10.8. The van der Waals surface area contributed by atoms with E-state index in [2.05, 4.69) is 10.3 Å². The van der Waals surface area contributed by atoms with Gasteiger partial charge in [0.25, 0.3) is 5.91 Å². The summed E-state index contributed by atoms with van der Waals surface area (Å²) in [6.07, 6.45) is 1.59. The number of carbonyl (C=O) groups is 1. The molecule has 1 amide bonds. The highest BCUT2D eigenvalue weighted by atomic mass is 16.5. The van der Waals surface area contributed by atoms with Crippen LogP contribution in [0.15, 0.2) is 41.0 Å². The van der Waals surface area contributed by atoms with Crippen LogP contribution in [0.3, 0.4) is 0 Å². The number of aromatic nitrogens is 1. The minimum atomic E-state index is -0.136. The number of nitrogens with one attached hydrogen (secondary N) is 2. The van der Waals surface area contributed by atoms with Crippen LogP contribution in [0.4, 0.5) is 0 Å². The molecule has 0 saturated heterocycles. The van der Waals surface area contributed by atoms with E-state index in [4.69, 9.17) is 9.15 Å². The first-order chi connectivity index (χ1) is 10.2. The monoisotopic (exact) mass is 284 g/mol. The summed E-state index contributed by atoms with van der Waals surface area (Å²) in [5.41, 5.74) is 2.38. The molecule has 108 valence electrons. The van der Waals surface area contributed by atoms with Gasteiger partial charge in [0.15, 0.2) is 0 Å². The molecule has 3 rings (SSSR count). The van der Waals surface area contributed by atoms with Crippen LogP contribution in [-0.2, 0) is 6.54 Å². The zero-order valence-corrected chi connectivity index (χ0v) is 11.9. The molecule has 1 aromatic carbocycles. The average molecular weight is 284 g/mol. The molecule has 5 heteroatoms. The van der Waals surface area contributed by atoms with Crippen molar-refractivity contribution < 1.29 is 13.9 Å². The third-order valence-electron chi connectivity index (χ3n) is 3.42. The number of aryl methyl sites for hydroxylation is 1. The predicted molar refractivity (Wildman–Crippen MR) is 79.5 cm³/mol. The molecule has 2 N–H and O–H groups in total. The Morgan fingerprint density at radius 3 is 2.95 bits per heavy atom. The minimum Gasteiger partial charge on any atom is -0.497 e. The summed E-state index contributed by atoms with van der Waals surface area (Å²) >= 11 is 0. The lowest BCUT2D eigenvalue weighted by molar-refractivity contribution is 0.0949. The highest BCUT2D eigenvalue weighted by molar-refractivity contribution is 6.08. The summed E-state index contributed by atoms with van der Waals surface area (Å²) in [5.74, 6) is 1.31. The summed E-state index contributed by atoms with van der Waals surface area (Å²) in [4.78, 5) is 15.6. The van der Waals surface area contributed by atoms with E-state index in [9.17, 15) is 4.79 Å². The maximum absolute atomic E-state index is 12.4. The number of carbonyl (C=O) groups excluding carboxylic acids is 1. The van der Waals surface area contributed by atoms with Crippen molar-refractivity contribution in [2.75, 3.05) is 7.11 Å². The molecule has 0 saturated carbocycles. The van der Waals surface area contributed by atoms with Crippen LogP contribution in [0, 0.1) is 6.92 Å². The van der Waals surface area contributed by atoms with Crippen LogP contribution < -0.4 is 10.1 Å². The molecule has 21 heavy (non-hydrogen) atoms. The van der Waals surface area contributed by atoms with E-state index in [0.717, 1.165) is 28.1 Å². The van der Waals surface area contributed by atoms with Gasteiger partial charge in [-0.1, -0.05) is 0 Å². The summed E-state index contributed by atoms with van der Waals surface area (Å²) in [6.45, 7) is 2.25. The van der Waals surface area contributed by atoms with Gasteiger partial charge in [0.05, 0.1) is 25.5 Å². The third-order valence-corrected chi connectivity index (χ3v) is 3.42. The Labute approximate surface area is 121 Å². The van der Waals surface area contributed by atoms with E-state index in [1.807, 2.05) is 31.2 Å². The molecule has 0 aliphatic rings. The fraction of sp³-hybridized carbons (Fsp3) is 0.188. The molecule has 0 spiro atoms. The molecule has 0 unspecified atom stereocenters. The van der Waals surface area contributed by atoms with E-state index < -0.39 is 0 Å². The average Bonchev–Trinajstić information content (AvgIpc) is 3.10. The van der Waals surface area contributed by atoms with Crippen LogP contribution >= 0.6 is 0 Å². The number of fused-ring (bicyclic) bond motifs is 1. The number of ether oxygens (including phenoxy) is 1. The first-order valence-corrected chi connectivity index (χ1v) is 6.66. The van der Waals surface area contributed by atoms with Crippen molar-refractivity contribution in [2.24, 2.45) is 0 Å². The van der Waals surface area contributed by atoms with Crippen molar-refractivity contribution in [2.45, 2.75) is 13.5 Å². The van der Waals surface area contributed by atoms with Crippen LogP contribution in [0.1, 0.15) is 21.8 Å². The lowest BCUT2D eigenvalue weighted by atomic mass is 10.1. The first-order valence-electron chi connectivity index (χ1n) is 6.66. The number of hydrogen-bond donors (Lipinski definition) is 2. The highest BCUT2D eigenvalue weighted by Gasteiger charge is 2.16. The van der Waals surface area contributed by atoms with Crippen molar-refractivity contribution >= 4 is 16.8 Å². The van der Waals surface area contributed by atoms with Gasteiger partial charge in [-0.15, -0.1) is 0 Å². The maximum atomic E-state index is 12.4. The SMILES string of the molecule is COc1ccc2[nH]c(C)c(C(=O)NCc3ccco3)c2c1. The summed E-state index contributed by atoms with van der Waals surface area (Å²) in [6, 6.07) is 9.25. The molecule has 2 heterocycles. The van der Waals surface area contributed by atoms with Crippen LogP contribution in [0.5, 0.6) is 5.75 Å². The zero-order valence-electron chi connectivity index (χ0n) is 11.9. The summed E-state index contributed by atoms with van der Waals surface area (Å²) < 4.78 is 10.4. The first kappa shape index (κ1) is 13.3. The van der Waals surface area contributed by atoms with Crippen LogP contribution in [0.2, 0.25) is 0 Å². The molecule has 3 aromatic rings. The van der Waals surface area contributed by atoms with Crippen molar-refractivity contribution in [1.29, 1.82) is 0 Å². The van der Waals surface area contributed by atoms with Gasteiger partial charge in [0.1, 0.15) is 11.5 Å². The van der Waals surface area contributed by atoms with E-state index in [-0.39, 0.29) is 5.91 Å². The number of methoxy groups -OCH3 is 1. The van der Waals surface area contributed by atoms with Crippen molar-refractivity contribution in [1.82, 2.24) is 10.3 Å². The van der Waals surface area contributed by atoms with Gasteiger partial charge >= 0.3 is 0 Å².